The van der Waals surface area contributed by atoms with E-state index >= 15 is 0 Å². The zero-order chi connectivity index (χ0) is 18.9. The number of nitriles is 1. The highest BCUT2D eigenvalue weighted by Crippen LogP contribution is 2.23. The summed E-state index contributed by atoms with van der Waals surface area (Å²) in [5.74, 6) is -0.618. The molecule has 2 atom stereocenters. The molecule has 1 amide bonds. The predicted octanol–water partition coefficient (Wildman–Crippen LogP) is 2.41. The van der Waals surface area contributed by atoms with Gasteiger partial charge in [-0.3, -0.25) is 0 Å². The number of hydrogen-bond donors (Lipinski definition) is 3. The lowest BCUT2D eigenvalue weighted by Gasteiger charge is -2.19. The molecular weight excluding hydrogens is 339 g/mol. The smallest absolute Gasteiger partial charge is 0.407 e. The Labute approximate surface area is 150 Å². The number of ether oxygens (including phenoxy) is 1. The van der Waals surface area contributed by atoms with Gasteiger partial charge in [-0.25, -0.2) is 9.18 Å². The summed E-state index contributed by atoms with van der Waals surface area (Å²) in [6, 6.07) is 14.3. The summed E-state index contributed by atoms with van der Waals surface area (Å²) in [4.78, 5) is 11.6. The molecule has 0 saturated carbocycles. The van der Waals surface area contributed by atoms with E-state index in [0.717, 1.165) is 17.7 Å². The third-order valence-corrected chi connectivity index (χ3v) is 3.74. The number of alkyl carbamates (subject to hydrolysis) is 1. The molecule has 0 heterocycles. The van der Waals surface area contributed by atoms with Crippen LogP contribution in [0.4, 0.5) is 9.18 Å². The molecule has 0 saturated heterocycles. The van der Waals surface area contributed by atoms with Gasteiger partial charge in [0.25, 0.3) is 0 Å². The Morgan fingerprint density at radius 2 is 1.96 bits per heavy atom. The van der Waals surface area contributed by atoms with E-state index < -0.39 is 24.1 Å². The third kappa shape index (κ3) is 5.55. The van der Waals surface area contributed by atoms with Gasteiger partial charge in [0.2, 0.25) is 0 Å². The monoisotopic (exact) mass is 358 g/mol. The highest BCUT2D eigenvalue weighted by Gasteiger charge is 2.22. The lowest BCUT2D eigenvalue weighted by Crippen LogP contribution is -2.30. The van der Waals surface area contributed by atoms with Crippen LogP contribution in [0, 0.1) is 17.1 Å². The van der Waals surface area contributed by atoms with E-state index in [9.17, 15) is 19.4 Å². The van der Waals surface area contributed by atoms with Crippen LogP contribution in [0.5, 0.6) is 0 Å². The molecule has 0 aromatic heterocycles. The number of carbonyl (C=O) groups excluding carboxylic acids is 1. The van der Waals surface area contributed by atoms with Gasteiger partial charge in [0.15, 0.2) is 0 Å². The van der Waals surface area contributed by atoms with E-state index in [1.165, 1.54) is 6.07 Å². The molecule has 0 bridgehead atoms. The van der Waals surface area contributed by atoms with Gasteiger partial charge in [0.05, 0.1) is 17.7 Å². The van der Waals surface area contributed by atoms with Crippen LogP contribution in [-0.4, -0.2) is 29.0 Å². The van der Waals surface area contributed by atoms with Gasteiger partial charge < -0.3 is 20.3 Å². The maximum atomic E-state index is 13.3. The van der Waals surface area contributed by atoms with Crippen LogP contribution in [0.15, 0.2) is 48.5 Å². The number of aliphatic hydroxyl groups is 2. The van der Waals surface area contributed by atoms with Crippen LogP contribution in [-0.2, 0) is 11.3 Å². The normalized spacial score (nSPS) is 12.7. The lowest BCUT2D eigenvalue weighted by molar-refractivity contribution is 0.0133. The van der Waals surface area contributed by atoms with Crippen LogP contribution in [0.25, 0.3) is 0 Å². The van der Waals surface area contributed by atoms with E-state index in [0.29, 0.717) is 0 Å². The number of rotatable bonds is 7. The summed E-state index contributed by atoms with van der Waals surface area (Å²) >= 11 is 0. The molecule has 26 heavy (non-hydrogen) atoms. The molecule has 0 aliphatic carbocycles. The van der Waals surface area contributed by atoms with E-state index in [-0.39, 0.29) is 30.7 Å². The SMILES string of the molecule is N#Cc1ccc(F)cc1C(O)C(O)CCNC(=O)OCc1ccccc1. The fourth-order valence-corrected chi connectivity index (χ4v) is 2.34. The fourth-order valence-electron chi connectivity index (χ4n) is 2.34. The van der Waals surface area contributed by atoms with Crippen LogP contribution in [0.2, 0.25) is 0 Å². The second-order valence-electron chi connectivity index (χ2n) is 5.63. The Morgan fingerprint density at radius 1 is 1.23 bits per heavy atom. The van der Waals surface area contributed by atoms with Crippen molar-refractivity contribution in [3.05, 3.63) is 71.0 Å². The second kappa shape index (κ2) is 9.51. The Bertz CT molecular complexity index is 777. The van der Waals surface area contributed by atoms with Gasteiger partial charge in [0, 0.05) is 12.1 Å². The standard InChI is InChI=1S/C19H19FN2O4/c20-15-7-6-14(11-21)16(10-15)18(24)17(23)8-9-22-19(25)26-12-13-4-2-1-3-5-13/h1-7,10,17-18,23-24H,8-9,12H2,(H,22,25). The molecule has 2 rings (SSSR count). The van der Waals surface area contributed by atoms with Crippen LogP contribution in [0.1, 0.15) is 29.2 Å². The van der Waals surface area contributed by atoms with Crippen molar-refractivity contribution in [2.45, 2.75) is 25.2 Å². The van der Waals surface area contributed by atoms with Gasteiger partial charge in [0.1, 0.15) is 18.5 Å². The first-order chi connectivity index (χ1) is 12.5. The van der Waals surface area contributed by atoms with E-state index in [1.54, 1.807) is 0 Å². The molecule has 0 aliphatic rings. The quantitative estimate of drug-likeness (QED) is 0.705. The van der Waals surface area contributed by atoms with Crippen molar-refractivity contribution in [1.82, 2.24) is 5.32 Å². The van der Waals surface area contributed by atoms with Gasteiger partial charge in [-0.15, -0.1) is 0 Å². The molecule has 2 aromatic carbocycles. The summed E-state index contributed by atoms with van der Waals surface area (Å²) in [5.41, 5.74) is 0.924. The average Bonchev–Trinajstić information content (AvgIpc) is 2.66. The largest absolute Gasteiger partial charge is 0.445 e. The number of amides is 1. The van der Waals surface area contributed by atoms with Crippen molar-refractivity contribution in [2.75, 3.05) is 6.54 Å². The summed E-state index contributed by atoms with van der Waals surface area (Å²) < 4.78 is 18.3. The van der Waals surface area contributed by atoms with Crippen molar-refractivity contribution in [2.24, 2.45) is 0 Å². The molecule has 3 N–H and O–H groups in total. The minimum Gasteiger partial charge on any atom is -0.445 e. The minimum absolute atomic E-state index is 0.00296. The van der Waals surface area contributed by atoms with E-state index in [2.05, 4.69) is 5.32 Å². The topological polar surface area (TPSA) is 103 Å². The van der Waals surface area contributed by atoms with Crippen molar-refractivity contribution < 1.29 is 24.1 Å². The number of aliphatic hydroxyl groups excluding tert-OH is 2. The number of hydrogen-bond acceptors (Lipinski definition) is 5. The zero-order valence-electron chi connectivity index (χ0n) is 13.9. The summed E-state index contributed by atoms with van der Waals surface area (Å²) in [7, 11) is 0. The van der Waals surface area contributed by atoms with Gasteiger partial charge in [-0.2, -0.15) is 5.26 Å². The summed E-state index contributed by atoms with van der Waals surface area (Å²) in [6.45, 7) is 0.162. The highest BCUT2D eigenvalue weighted by molar-refractivity contribution is 5.67. The molecule has 6 nitrogen and oxygen atoms in total. The lowest BCUT2D eigenvalue weighted by atomic mass is 9.97. The first kappa shape index (κ1) is 19.4. The third-order valence-electron chi connectivity index (χ3n) is 3.74. The second-order valence-corrected chi connectivity index (χ2v) is 5.63. The number of benzene rings is 2. The fraction of sp³-hybridized carbons (Fsp3) is 0.263. The van der Waals surface area contributed by atoms with E-state index in [1.807, 2.05) is 36.4 Å². The Hall–Kier alpha value is -2.95. The Morgan fingerprint density at radius 3 is 2.65 bits per heavy atom. The Balaban J connectivity index is 1.79. The molecule has 7 heteroatoms. The zero-order valence-corrected chi connectivity index (χ0v) is 13.9. The summed E-state index contributed by atoms with van der Waals surface area (Å²) in [5, 5.41) is 31.6. The molecule has 2 aromatic rings. The number of carbonyl (C=O) groups is 1. The van der Waals surface area contributed by atoms with Gasteiger partial charge in [-0.05, 0) is 30.2 Å². The van der Waals surface area contributed by atoms with Crippen molar-refractivity contribution in [3.63, 3.8) is 0 Å². The van der Waals surface area contributed by atoms with Crippen molar-refractivity contribution in [3.8, 4) is 6.07 Å². The predicted molar refractivity (Wildman–Crippen MR) is 91.3 cm³/mol. The van der Waals surface area contributed by atoms with Crippen molar-refractivity contribution >= 4 is 6.09 Å². The van der Waals surface area contributed by atoms with E-state index in [4.69, 9.17) is 10.00 Å². The molecule has 0 radical (unpaired) electrons. The highest BCUT2D eigenvalue weighted by atomic mass is 19.1. The minimum atomic E-state index is -1.44. The molecule has 0 aliphatic heterocycles. The average molecular weight is 358 g/mol. The first-order valence-corrected chi connectivity index (χ1v) is 8.01. The number of nitrogens with zero attached hydrogens (tertiary/aromatic N) is 1. The number of nitrogens with one attached hydrogen (secondary N) is 1. The molecule has 136 valence electrons. The molecule has 0 spiro atoms. The molecular formula is C19H19FN2O4. The van der Waals surface area contributed by atoms with Gasteiger partial charge >= 0.3 is 6.09 Å². The van der Waals surface area contributed by atoms with Crippen molar-refractivity contribution in [1.29, 1.82) is 5.26 Å². The Kier molecular flexibility index (Phi) is 7.09. The number of halogens is 1. The summed E-state index contributed by atoms with van der Waals surface area (Å²) in [6.07, 6.45) is -3.37. The van der Waals surface area contributed by atoms with Crippen LogP contribution in [0.3, 0.4) is 0 Å². The molecule has 0 fully saturated rings. The molecule has 2 unspecified atom stereocenters. The van der Waals surface area contributed by atoms with Crippen LogP contribution < -0.4 is 5.32 Å². The maximum Gasteiger partial charge on any atom is 0.407 e. The van der Waals surface area contributed by atoms with Gasteiger partial charge in [-0.1, -0.05) is 30.3 Å². The van der Waals surface area contributed by atoms with Crippen LogP contribution >= 0.6 is 0 Å². The first-order valence-electron chi connectivity index (χ1n) is 8.01. The maximum absolute atomic E-state index is 13.3.